The van der Waals surface area contributed by atoms with Crippen LogP contribution in [-0.4, -0.2) is 331 Å². The van der Waals surface area contributed by atoms with Gasteiger partial charge in [-0.05, 0) is 157 Å². The zero-order chi connectivity index (χ0) is 96.9. The number of likely N-dealkylation sites (tertiary alicyclic amines) is 2. The second-order valence-corrected chi connectivity index (χ2v) is 34.9. The fourth-order valence-electron chi connectivity index (χ4n) is 17.3. The summed E-state index contributed by atoms with van der Waals surface area (Å²) >= 11 is 1.29. The van der Waals surface area contributed by atoms with Gasteiger partial charge in [0.05, 0.1) is 70.2 Å². The van der Waals surface area contributed by atoms with Crippen LogP contribution in [0.2, 0.25) is 0 Å². The van der Waals surface area contributed by atoms with Crippen LogP contribution in [0.1, 0.15) is 153 Å². The van der Waals surface area contributed by atoms with Crippen molar-refractivity contribution in [2.45, 2.75) is 220 Å². The Morgan fingerprint density at radius 2 is 1.06 bits per heavy atom. The molecule has 134 heavy (non-hydrogen) atoms. The Kier molecular flexibility index (Phi) is 42.4. The summed E-state index contributed by atoms with van der Waals surface area (Å²) in [6, 6.07) is -1.12. The van der Waals surface area contributed by atoms with E-state index in [0.29, 0.717) is 124 Å². The predicted octanol–water partition coefficient (Wildman–Crippen LogP) is -5.58. The van der Waals surface area contributed by atoms with Crippen molar-refractivity contribution in [1.82, 2.24) is 93.7 Å². The molecule has 0 spiro atoms. The van der Waals surface area contributed by atoms with Crippen LogP contribution in [0.4, 0.5) is 0 Å². The molecule has 1 aromatic heterocycles. The van der Waals surface area contributed by atoms with Crippen molar-refractivity contribution in [2.75, 3.05) is 124 Å². The molecule has 0 radical (unpaired) electrons. The number of carboxylic acid groups (broad SMARTS) is 1. The zero-order valence-corrected chi connectivity index (χ0v) is 76.2. The van der Waals surface area contributed by atoms with Gasteiger partial charge in [0.2, 0.25) is 94.5 Å². The Labute approximate surface area is 778 Å². The minimum Gasteiger partial charge on any atom is -0.494 e. The number of aliphatic hydroxyl groups is 2. The maximum atomic E-state index is 15.0. The number of fused-ring (bicyclic) bond motifs is 4. The number of β-amino-alcohol motifs (C(OH)–C–C–N with tert-alkyl or cyclic N) is 1. The molecule has 738 valence electrons. The summed E-state index contributed by atoms with van der Waals surface area (Å²) in [5, 5.41) is 88.0. The number of amides is 16. The molecule has 9 rings (SSSR count). The Morgan fingerprint density at radius 1 is 0.515 bits per heavy atom. The lowest BCUT2D eigenvalue weighted by Crippen LogP contribution is -2.62. The van der Waals surface area contributed by atoms with Gasteiger partial charge in [-0.15, -0.1) is 11.8 Å². The second-order valence-electron chi connectivity index (χ2n) is 33.9. The van der Waals surface area contributed by atoms with Gasteiger partial charge in [0, 0.05) is 75.3 Å². The first-order chi connectivity index (χ1) is 64.4. The third-order valence-corrected chi connectivity index (χ3v) is 25.4. The summed E-state index contributed by atoms with van der Waals surface area (Å²) in [5.74, 6) is -14.4. The number of carbonyl (C=O) groups is 17. The molecule has 3 aromatic rings. The predicted molar refractivity (Wildman–Crippen MR) is 482 cm³/mol. The highest BCUT2D eigenvalue weighted by Crippen LogP contribution is 2.47. The first kappa shape index (κ1) is 106. The SMILES string of the molecule is CCOCCOCCCNC(=O)COc1ccc2c(c1)c1n([13c]2O)[C@H](C(=O)NCC(=O)NCC(=O)NCC(=O)NCC(=O)NCC(=O)N[C@@H](CCCCN)C(=O)N[C@@H](CCCCN)C(=O)N[C@@H](CCCNC(=N)N)C(=O)N2CCC[C@H]2C(=O)N2C[C@H](O)C[C@H]2C(=O)NCC(=O)N[C@H](C(=O)N[C@@H](CO)C(=O)N2Cc3ccccc3C[C@@H]2C(=O)N[C@H](C(=O)O)C2CCCC2)C2CCCC2)CS1. The van der Waals surface area contributed by atoms with Gasteiger partial charge in [-0.25, -0.2) is 4.79 Å². The van der Waals surface area contributed by atoms with E-state index in [4.69, 9.17) is 36.8 Å². The number of carbonyl (C=O) groups excluding carboxylic acids is 16. The maximum Gasteiger partial charge on any atom is 0.326 e. The number of unbranched alkanes of at least 4 members (excludes halogenated alkanes) is 2. The number of carboxylic acids is 1. The molecule has 47 heteroatoms. The molecule has 6 aliphatic rings. The summed E-state index contributed by atoms with van der Waals surface area (Å²) in [4.78, 5) is 237. The van der Waals surface area contributed by atoms with E-state index in [2.05, 4.69) is 74.4 Å². The molecule has 2 aromatic carbocycles. The number of aromatic hydroxyl groups is 1. The fourth-order valence-corrected chi connectivity index (χ4v) is 18.6. The monoisotopic (exact) mass is 1900 g/mol. The summed E-state index contributed by atoms with van der Waals surface area (Å²) in [6.07, 6.45) is 5.88. The van der Waals surface area contributed by atoms with Crippen molar-refractivity contribution < 1.29 is 116 Å². The molecule has 16 amide bonds. The molecule has 2 aliphatic carbocycles. The standard InChI is InChI=1S/C87H130N22O24S/c1-2-131-34-35-132-33-15-31-92-72(118)48-133-55-26-27-56-57(38-55)85-109(81(56)125)65(49-134-85)78(122)98-42-69(115)96-40-67(113)94-39-66(112)95-41-68(114)97-43-70(116)100-58(22-9-11-28-88)75(119)101-59(23-10-12-29-89)76(120)102-60(24-13-30-93-87(90)91)82(126)106-32-14-25-62(106)84(128)108-46-54(111)37-64(108)77(121)99-44-71(117)104-73(50-16-3-4-17-50)80(124)103-61(47-110)83(127)107-45-53-21-8-7-20-52(53)36-63(107)79(123)105-74(86(129)130)51-18-5-6-19-51/h7-8,20-21,26-27,38,50-51,54,58-65,73-74,110-111,125H,2-6,9-19,22-25,28-37,39-49,88-89H2,1H3,(H,92,118)(H,94,113)(H,95,112)(H,96,115)(H,97,114)(H,98,122)(H,99,121)(H,100,116)(H,101,119)(H,102,120)(H,103,124)(H,104,117)(H,105,123)(H,129,130)(H4,90,91,93)/t54-,58+,59+,60+,61+,62+,63-,64+,65+,73+,74+/m1/s1/i81+1. The molecule has 0 unspecified atom stereocenters. The third kappa shape index (κ3) is 31.3. The van der Waals surface area contributed by atoms with Crippen LogP contribution in [0.5, 0.6) is 11.6 Å². The van der Waals surface area contributed by atoms with Crippen LogP contribution >= 0.6 is 11.8 Å². The van der Waals surface area contributed by atoms with Crippen LogP contribution < -0.4 is 96.4 Å². The molecule has 5 heterocycles. The minimum absolute atomic E-state index is 0.00792. The quantitative estimate of drug-likeness (QED) is 0.0142. The van der Waals surface area contributed by atoms with E-state index >= 15 is 4.79 Å². The fraction of sp³-hybridized carbons (Fsp3) is 0.632. The second kappa shape index (κ2) is 53.7. The summed E-state index contributed by atoms with van der Waals surface area (Å²) < 4.78 is 17.8. The van der Waals surface area contributed by atoms with E-state index < -0.39 is 213 Å². The number of aliphatic carboxylic acids is 1. The average Bonchev–Trinajstić information content (AvgIpc) is 1.58. The number of aromatic nitrogens is 1. The molecule has 25 N–H and O–H groups in total. The van der Waals surface area contributed by atoms with E-state index in [9.17, 15) is 97.1 Å². The third-order valence-electron chi connectivity index (χ3n) is 24.3. The van der Waals surface area contributed by atoms with Crippen LogP contribution in [0.3, 0.4) is 0 Å². The van der Waals surface area contributed by atoms with Crippen LogP contribution in [-0.2, 0) is 104 Å². The van der Waals surface area contributed by atoms with Crippen molar-refractivity contribution in [3.63, 3.8) is 0 Å². The molecule has 2 saturated heterocycles. The van der Waals surface area contributed by atoms with E-state index in [1.54, 1.807) is 42.5 Å². The molecule has 11 atom stereocenters. The van der Waals surface area contributed by atoms with Crippen molar-refractivity contribution in [1.29, 1.82) is 5.41 Å². The number of nitrogens with one attached hydrogen (secondary N) is 15. The number of nitrogens with two attached hydrogens (primary N) is 3. The number of hydrogen-bond acceptors (Lipinski definition) is 27. The lowest BCUT2D eigenvalue weighted by atomic mass is 9.91. The number of hydrogen-bond donors (Lipinski definition) is 22. The molecular weight excluding hydrogens is 1770 g/mol. The molecule has 4 aliphatic heterocycles. The maximum absolute atomic E-state index is 15.0. The Hall–Kier alpha value is -12.1. The van der Waals surface area contributed by atoms with Gasteiger partial charge in [0.15, 0.2) is 12.6 Å². The first-order valence-corrected chi connectivity index (χ1v) is 46.9. The van der Waals surface area contributed by atoms with Gasteiger partial charge in [0.1, 0.15) is 66.2 Å². The van der Waals surface area contributed by atoms with Gasteiger partial charge in [0.25, 0.3) is 5.91 Å². The highest BCUT2D eigenvalue weighted by Gasteiger charge is 2.48. The number of aliphatic hydroxyl groups excluding tert-OH is 2. The summed E-state index contributed by atoms with van der Waals surface area (Å²) in [7, 11) is 0. The van der Waals surface area contributed by atoms with Crippen LogP contribution in [0.25, 0.3) is 10.8 Å². The average molecular weight is 1900 g/mol. The minimum atomic E-state index is -1.63. The number of benzene rings is 2. The smallest absolute Gasteiger partial charge is 0.326 e. The van der Waals surface area contributed by atoms with E-state index in [1.165, 1.54) is 26.1 Å². The Balaban J connectivity index is 0.726. The Bertz CT molecular complexity index is 4630. The van der Waals surface area contributed by atoms with Crippen LogP contribution in [0, 0.1) is 17.2 Å². The number of nitrogens with zero attached hydrogens (tertiary/aromatic N) is 4. The number of guanidine groups is 1. The number of thioether (sulfide) groups is 1. The van der Waals surface area contributed by atoms with Crippen molar-refractivity contribution in [3.8, 4) is 11.6 Å². The van der Waals surface area contributed by atoms with Gasteiger partial charge >= 0.3 is 5.97 Å². The van der Waals surface area contributed by atoms with Gasteiger partial charge in [-0.3, -0.25) is 86.7 Å². The lowest BCUT2D eigenvalue weighted by Gasteiger charge is -2.38. The van der Waals surface area contributed by atoms with Crippen molar-refractivity contribution >= 4 is 129 Å². The Morgan fingerprint density at radius 3 is 1.67 bits per heavy atom. The van der Waals surface area contributed by atoms with Crippen molar-refractivity contribution in [2.24, 2.45) is 29.0 Å². The van der Waals surface area contributed by atoms with Gasteiger partial charge in [-0.1, -0.05) is 49.9 Å². The summed E-state index contributed by atoms with van der Waals surface area (Å²) in [5.41, 5.74) is 18.6. The van der Waals surface area contributed by atoms with E-state index in [-0.39, 0.29) is 133 Å². The zero-order valence-electron chi connectivity index (χ0n) is 75.4. The van der Waals surface area contributed by atoms with Gasteiger partial charge < -0.3 is 141 Å². The highest BCUT2D eigenvalue weighted by atomic mass is 32.2. The van der Waals surface area contributed by atoms with Gasteiger partial charge in [-0.2, -0.15) is 0 Å². The van der Waals surface area contributed by atoms with E-state index in [0.717, 1.165) is 23.3 Å². The normalized spacial score (nSPS) is 18.8. The highest BCUT2D eigenvalue weighted by molar-refractivity contribution is 7.99. The largest absolute Gasteiger partial charge is 0.494 e. The van der Waals surface area contributed by atoms with Crippen molar-refractivity contribution in [3.05, 3.63) is 53.6 Å². The molecular formula is C87H130N22O24S. The number of ether oxygens (including phenoxy) is 3. The lowest BCUT2D eigenvalue weighted by molar-refractivity contribution is -0.148. The first-order valence-electron chi connectivity index (χ1n) is 45.9. The molecule has 46 nitrogen and oxygen atoms in total. The molecule has 2 saturated carbocycles. The summed E-state index contributed by atoms with van der Waals surface area (Å²) in [6.45, 7) is -0.908. The number of rotatable bonds is 54. The topological polar surface area (TPSA) is 684 Å². The molecule has 4 fully saturated rings. The molecule has 0 bridgehead atoms. The van der Waals surface area contributed by atoms with Crippen LogP contribution in [0.15, 0.2) is 47.5 Å². The van der Waals surface area contributed by atoms with E-state index in [1.807, 2.05) is 6.92 Å².